The molecule has 0 amide bonds. The monoisotopic (exact) mass is 184 g/mol. The highest BCUT2D eigenvalue weighted by atomic mass is 16.5. The fraction of sp³-hybridized carbons (Fsp3) is 0.700. The average molecular weight is 184 g/mol. The largest absolute Gasteiger partial charge is 0.469 e. The summed E-state index contributed by atoms with van der Waals surface area (Å²) in [6.07, 6.45) is 7.83. The highest BCUT2D eigenvalue weighted by Crippen LogP contribution is 2.12. The van der Waals surface area contributed by atoms with E-state index in [4.69, 9.17) is 4.74 Å². The Labute approximate surface area is 78.7 Å². The Balaban J connectivity index is 1.94. The molecule has 0 N–H and O–H groups in total. The van der Waals surface area contributed by atoms with Gasteiger partial charge in [-0.15, -0.1) is 0 Å². The van der Waals surface area contributed by atoms with Crippen molar-refractivity contribution in [3.05, 3.63) is 12.2 Å². The van der Waals surface area contributed by atoms with E-state index in [0.717, 1.165) is 25.9 Å². The molecule has 0 spiro atoms. The van der Waals surface area contributed by atoms with Crippen LogP contribution in [0.25, 0.3) is 0 Å². The van der Waals surface area contributed by atoms with Crippen LogP contribution in [0.5, 0.6) is 0 Å². The van der Waals surface area contributed by atoms with Crippen LogP contribution in [0.1, 0.15) is 25.7 Å². The summed E-state index contributed by atoms with van der Waals surface area (Å²) in [5.74, 6) is -0.122. The third-order valence-electron chi connectivity index (χ3n) is 2.10. The Hall–Kier alpha value is -0.830. The summed E-state index contributed by atoms with van der Waals surface area (Å²) < 4.78 is 9.90. The van der Waals surface area contributed by atoms with Crippen molar-refractivity contribution in [2.45, 2.75) is 31.8 Å². The molecule has 0 aromatic heterocycles. The lowest BCUT2D eigenvalue weighted by Gasteiger charge is -2.06. The van der Waals surface area contributed by atoms with E-state index in [0.29, 0.717) is 6.42 Å². The summed E-state index contributed by atoms with van der Waals surface area (Å²) in [7, 11) is 1.42. The standard InChI is InChI=1S/C10H16O3/c1-12-10(11)7-3-2-5-9-6-4-8-13-9/h4,6,9H,2-3,5,7-8H2,1H3. The molecule has 0 bridgehead atoms. The van der Waals surface area contributed by atoms with Crippen molar-refractivity contribution in [3.8, 4) is 0 Å². The molecule has 1 unspecified atom stereocenters. The first-order valence-corrected chi connectivity index (χ1v) is 4.68. The van der Waals surface area contributed by atoms with Gasteiger partial charge in [0, 0.05) is 6.42 Å². The van der Waals surface area contributed by atoms with Gasteiger partial charge in [0.05, 0.1) is 19.8 Å². The number of carbonyl (C=O) groups is 1. The summed E-state index contributed by atoms with van der Waals surface area (Å²) in [5, 5.41) is 0. The SMILES string of the molecule is COC(=O)CCCCC1C=CCO1. The molecule has 0 fully saturated rings. The Morgan fingerprint density at radius 1 is 1.62 bits per heavy atom. The smallest absolute Gasteiger partial charge is 0.305 e. The number of hydrogen-bond acceptors (Lipinski definition) is 3. The molecular weight excluding hydrogens is 168 g/mol. The van der Waals surface area contributed by atoms with E-state index in [9.17, 15) is 4.79 Å². The summed E-state index contributed by atoms with van der Waals surface area (Å²) in [6, 6.07) is 0. The lowest BCUT2D eigenvalue weighted by molar-refractivity contribution is -0.140. The van der Waals surface area contributed by atoms with E-state index in [1.807, 2.05) is 6.08 Å². The van der Waals surface area contributed by atoms with Crippen LogP contribution >= 0.6 is 0 Å². The molecule has 3 nitrogen and oxygen atoms in total. The summed E-state index contributed by atoms with van der Waals surface area (Å²) >= 11 is 0. The summed E-state index contributed by atoms with van der Waals surface area (Å²) in [5.41, 5.74) is 0. The Morgan fingerprint density at radius 3 is 3.08 bits per heavy atom. The number of carbonyl (C=O) groups excluding carboxylic acids is 1. The van der Waals surface area contributed by atoms with Gasteiger partial charge in [-0.25, -0.2) is 0 Å². The maximum absolute atomic E-state index is 10.7. The van der Waals surface area contributed by atoms with E-state index in [2.05, 4.69) is 10.8 Å². The molecule has 0 aliphatic carbocycles. The fourth-order valence-electron chi connectivity index (χ4n) is 1.34. The van der Waals surface area contributed by atoms with Gasteiger partial charge in [0.2, 0.25) is 0 Å². The molecule has 1 atom stereocenters. The van der Waals surface area contributed by atoms with E-state index >= 15 is 0 Å². The van der Waals surface area contributed by atoms with Gasteiger partial charge in [-0.2, -0.15) is 0 Å². The lowest BCUT2D eigenvalue weighted by Crippen LogP contribution is -2.05. The number of unbranched alkanes of at least 4 members (excludes halogenated alkanes) is 1. The molecule has 0 aromatic rings. The first-order chi connectivity index (χ1) is 6.33. The van der Waals surface area contributed by atoms with Crippen molar-refractivity contribution in [3.63, 3.8) is 0 Å². The molecule has 3 heteroatoms. The number of hydrogen-bond donors (Lipinski definition) is 0. The maximum atomic E-state index is 10.7. The number of esters is 1. The van der Waals surface area contributed by atoms with Crippen molar-refractivity contribution >= 4 is 5.97 Å². The van der Waals surface area contributed by atoms with Crippen LogP contribution in [-0.2, 0) is 14.3 Å². The zero-order valence-corrected chi connectivity index (χ0v) is 7.99. The topological polar surface area (TPSA) is 35.5 Å². The molecule has 1 aliphatic heterocycles. The minimum atomic E-state index is -0.122. The first-order valence-electron chi connectivity index (χ1n) is 4.68. The fourth-order valence-corrected chi connectivity index (χ4v) is 1.34. The second-order valence-corrected chi connectivity index (χ2v) is 3.12. The Bertz CT molecular complexity index is 187. The molecule has 0 saturated carbocycles. The maximum Gasteiger partial charge on any atom is 0.305 e. The van der Waals surface area contributed by atoms with Crippen LogP contribution in [0.4, 0.5) is 0 Å². The van der Waals surface area contributed by atoms with Crippen molar-refractivity contribution < 1.29 is 14.3 Å². The third-order valence-corrected chi connectivity index (χ3v) is 2.10. The minimum Gasteiger partial charge on any atom is -0.469 e. The molecule has 1 rings (SSSR count). The molecule has 74 valence electrons. The second kappa shape index (κ2) is 5.75. The van der Waals surface area contributed by atoms with Crippen molar-refractivity contribution in [1.82, 2.24) is 0 Å². The predicted octanol–water partition coefficient (Wildman–Crippen LogP) is 1.67. The van der Waals surface area contributed by atoms with Gasteiger partial charge in [-0.3, -0.25) is 4.79 Å². The van der Waals surface area contributed by atoms with Gasteiger partial charge in [0.1, 0.15) is 0 Å². The van der Waals surface area contributed by atoms with Crippen LogP contribution < -0.4 is 0 Å². The highest BCUT2D eigenvalue weighted by molar-refractivity contribution is 5.68. The summed E-state index contributed by atoms with van der Waals surface area (Å²) in [4.78, 5) is 10.7. The molecule has 1 heterocycles. The van der Waals surface area contributed by atoms with Crippen LogP contribution in [0.3, 0.4) is 0 Å². The van der Waals surface area contributed by atoms with Gasteiger partial charge in [-0.1, -0.05) is 12.2 Å². The Kier molecular flexibility index (Phi) is 4.54. The Morgan fingerprint density at radius 2 is 2.46 bits per heavy atom. The molecule has 0 saturated heterocycles. The van der Waals surface area contributed by atoms with E-state index in [1.165, 1.54) is 7.11 Å². The molecular formula is C10H16O3. The van der Waals surface area contributed by atoms with Crippen LogP contribution in [0.2, 0.25) is 0 Å². The highest BCUT2D eigenvalue weighted by Gasteiger charge is 2.08. The normalized spacial score (nSPS) is 20.5. The van der Waals surface area contributed by atoms with Gasteiger partial charge in [-0.05, 0) is 19.3 Å². The zero-order chi connectivity index (χ0) is 9.52. The third kappa shape index (κ3) is 4.08. The first kappa shape index (κ1) is 10.3. The predicted molar refractivity (Wildman–Crippen MR) is 49.4 cm³/mol. The molecule has 0 aromatic carbocycles. The van der Waals surface area contributed by atoms with Crippen molar-refractivity contribution in [2.24, 2.45) is 0 Å². The second-order valence-electron chi connectivity index (χ2n) is 3.12. The van der Waals surface area contributed by atoms with E-state index in [-0.39, 0.29) is 12.1 Å². The number of rotatable bonds is 5. The summed E-state index contributed by atoms with van der Waals surface area (Å²) in [6.45, 7) is 0.738. The van der Waals surface area contributed by atoms with Gasteiger partial charge >= 0.3 is 5.97 Å². The quantitative estimate of drug-likeness (QED) is 0.370. The van der Waals surface area contributed by atoms with Gasteiger partial charge < -0.3 is 9.47 Å². The van der Waals surface area contributed by atoms with Gasteiger partial charge in [0.25, 0.3) is 0 Å². The number of methoxy groups -OCH3 is 1. The lowest BCUT2D eigenvalue weighted by atomic mass is 10.1. The zero-order valence-electron chi connectivity index (χ0n) is 7.99. The van der Waals surface area contributed by atoms with Gasteiger partial charge in [0.15, 0.2) is 0 Å². The van der Waals surface area contributed by atoms with Crippen LogP contribution in [-0.4, -0.2) is 25.8 Å². The average Bonchev–Trinajstić information content (AvgIpc) is 2.64. The number of ether oxygens (including phenoxy) is 2. The van der Waals surface area contributed by atoms with Crippen molar-refractivity contribution in [1.29, 1.82) is 0 Å². The molecule has 13 heavy (non-hydrogen) atoms. The van der Waals surface area contributed by atoms with Crippen LogP contribution in [0, 0.1) is 0 Å². The minimum absolute atomic E-state index is 0.122. The van der Waals surface area contributed by atoms with E-state index in [1.54, 1.807) is 0 Å². The van der Waals surface area contributed by atoms with Crippen molar-refractivity contribution in [2.75, 3.05) is 13.7 Å². The van der Waals surface area contributed by atoms with Crippen LogP contribution in [0.15, 0.2) is 12.2 Å². The van der Waals surface area contributed by atoms with E-state index < -0.39 is 0 Å². The molecule has 1 aliphatic rings. The molecule has 0 radical (unpaired) electrons.